The number of aliphatic carboxylic acids is 1. The van der Waals surface area contributed by atoms with E-state index in [9.17, 15) is 4.79 Å². The predicted octanol–water partition coefficient (Wildman–Crippen LogP) is 3.93. The van der Waals surface area contributed by atoms with Gasteiger partial charge >= 0.3 is 5.97 Å². The molecular weight excluding hydrogens is 278 g/mol. The van der Waals surface area contributed by atoms with Gasteiger partial charge in [0.05, 0.1) is 5.69 Å². The fourth-order valence-corrected chi connectivity index (χ4v) is 1.78. The van der Waals surface area contributed by atoms with E-state index < -0.39 is 5.97 Å². The van der Waals surface area contributed by atoms with Crippen molar-refractivity contribution in [1.29, 1.82) is 0 Å². The van der Waals surface area contributed by atoms with Crippen molar-refractivity contribution in [3.05, 3.63) is 58.9 Å². The normalized spacial score (nSPS) is 10.7. The predicted molar refractivity (Wildman–Crippen MR) is 77.2 cm³/mol. The molecule has 2 aromatic rings. The number of aromatic nitrogens is 1. The Balaban J connectivity index is 2.36. The van der Waals surface area contributed by atoms with Crippen molar-refractivity contribution in [2.75, 3.05) is 0 Å². The molecule has 4 nitrogen and oxygen atoms in total. The molecule has 0 aliphatic carbocycles. The standard InChI is InChI=1S/C15H12ClNO3/c1-10-13(3-2-8-17-10)20-14-6-5-12(16)9-11(14)4-7-15(18)19/h2-9H,1H3,(H,18,19)/b7-4+. The van der Waals surface area contributed by atoms with E-state index in [4.69, 9.17) is 21.4 Å². The van der Waals surface area contributed by atoms with Gasteiger partial charge in [0.1, 0.15) is 11.5 Å². The summed E-state index contributed by atoms with van der Waals surface area (Å²) in [5.74, 6) is 0.0938. The summed E-state index contributed by atoms with van der Waals surface area (Å²) in [6.45, 7) is 1.83. The van der Waals surface area contributed by atoms with E-state index >= 15 is 0 Å². The van der Waals surface area contributed by atoms with Gasteiger partial charge in [-0.3, -0.25) is 4.98 Å². The first-order chi connectivity index (χ1) is 9.56. The number of rotatable bonds is 4. The molecule has 0 fully saturated rings. The highest BCUT2D eigenvalue weighted by Gasteiger charge is 2.06. The molecular formula is C15H12ClNO3. The topological polar surface area (TPSA) is 59.4 Å². The van der Waals surface area contributed by atoms with Crippen LogP contribution < -0.4 is 4.74 Å². The zero-order valence-electron chi connectivity index (χ0n) is 10.7. The van der Waals surface area contributed by atoms with E-state index in [0.717, 1.165) is 11.8 Å². The first kappa shape index (κ1) is 14.1. The number of benzene rings is 1. The largest absolute Gasteiger partial charge is 0.478 e. The molecule has 0 unspecified atom stereocenters. The van der Waals surface area contributed by atoms with Gasteiger partial charge < -0.3 is 9.84 Å². The zero-order valence-corrected chi connectivity index (χ0v) is 11.5. The fourth-order valence-electron chi connectivity index (χ4n) is 1.60. The third-order valence-corrected chi connectivity index (χ3v) is 2.79. The Bertz CT molecular complexity index is 668. The van der Waals surface area contributed by atoms with Gasteiger partial charge in [-0.15, -0.1) is 0 Å². The second-order valence-corrected chi connectivity index (χ2v) is 4.48. The van der Waals surface area contributed by atoms with Crippen LogP contribution in [0.1, 0.15) is 11.3 Å². The van der Waals surface area contributed by atoms with Gasteiger partial charge in [-0.25, -0.2) is 4.79 Å². The van der Waals surface area contributed by atoms with Crippen LogP contribution in [0.3, 0.4) is 0 Å². The average molecular weight is 290 g/mol. The van der Waals surface area contributed by atoms with Crippen LogP contribution in [0, 0.1) is 6.92 Å². The van der Waals surface area contributed by atoms with Crippen molar-refractivity contribution in [3.8, 4) is 11.5 Å². The van der Waals surface area contributed by atoms with Crippen LogP contribution in [0.25, 0.3) is 6.08 Å². The van der Waals surface area contributed by atoms with Gasteiger partial charge in [-0.05, 0) is 43.3 Å². The molecule has 1 aromatic heterocycles. The van der Waals surface area contributed by atoms with Crippen LogP contribution >= 0.6 is 11.6 Å². The Kier molecular flexibility index (Phi) is 4.38. The van der Waals surface area contributed by atoms with Crippen molar-refractivity contribution in [3.63, 3.8) is 0 Å². The molecule has 0 atom stereocenters. The number of halogens is 1. The third kappa shape index (κ3) is 3.59. The molecule has 0 radical (unpaired) electrons. The van der Waals surface area contributed by atoms with Gasteiger partial charge in [0.15, 0.2) is 0 Å². The lowest BCUT2D eigenvalue weighted by Gasteiger charge is -2.10. The molecule has 0 bridgehead atoms. The highest BCUT2D eigenvalue weighted by atomic mass is 35.5. The van der Waals surface area contributed by atoms with Crippen molar-refractivity contribution in [2.24, 2.45) is 0 Å². The number of carboxylic acids is 1. The zero-order chi connectivity index (χ0) is 14.5. The Morgan fingerprint density at radius 3 is 2.85 bits per heavy atom. The summed E-state index contributed by atoms with van der Waals surface area (Å²) in [5, 5.41) is 9.20. The molecule has 0 saturated heterocycles. The summed E-state index contributed by atoms with van der Waals surface area (Å²) in [7, 11) is 0. The van der Waals surface area contributed by atoms with Crippen molar-refractivity contribution >= 4 is 23.6 Å². The SMILES string of the molecule is Cc1ncccc1Oc1ccc(Cl)cc1/C=C/C(=O)O. The monoisotopic (exact) mass is 289 g/mol. The molecule has 0 spiro atoms. The first-order valence-electron chi connectivity index (χ1n) is 5.86. The summed E-state index contributed by atoms with van der Waals surface area (Å²) in [4.78, 5) is 14.7. The van der Waals surface area contributed by atoms with Crippen molar-refractivity contribution in [2.45, 2.75) is 6.92 Å². The first-order valence-corrected chi connectivity index (χ1v) is 6.24. The molecule has 5 heteroatoms. The Morgan fingerprint density at radius 1 is 1.35 bits per heavy atom. The van der Waals surface area contributed by atoms with Crippen LogP contribution in [-0.2, 0) is 4.79 Å². The Labute approximate surface area is 121 Å². The van der Waals surface area contributed by atoms with Crippen LogP contribution in [-0.4, -0.2) is 16.1 Å². The molecule has 20 heavy (non-hydrogen) atoms. The average Bonchev–Trinajstić information content (AvgIpc) is 2.41. The van der Waals surface area contributed by atoms with Crippen LogP contribution in [0.4, 0.5) is 0 Å². The number of aryl methyl sites for hydroxylation is 1. The summed E-state index contributed by atoms with van der Waals surface area (Å²) in [6, 6.07) is 8.58. The maximum Gasteiger partial charge on any atom is 0.328 e. The number of pyridine rings is 1. The molecule has 102 valence electrons. The number of ether oxygens (including phenoxy) is 1. The minimum Gasteiger partial charge on any atom is -0.478 e. The van der Waals surface area contributed by atoms with E-state index in [2.05, 4.69) is 4.98 Å². The maximum atomic E-state index is 10.6. The smallest absolute Gasteiger partial charge is 0.328 e. The molecule has 1 N–H and O–H groups in total. The van der Waals surface area contributed by atoms with Gasteiger partial charge in [0.2, 0.25) is 0 Å². The van der Waals surface area contributed by atoms with Gasteiger partial charge in [0.25, 0.3) is 0 Å². The highest BCUT2D eigenvalue weighted by molar-refractivity contribution is 6.30. The van der Waals surface area contributed by atoms with E-state index in [-0.39, 0.29) is 0 Å². The summed E-state index contributed by atoms with van der Waals surface area (Å²) in [5.41, 5.74) is 1.33. The second-order valence-electron chi connectivity index (χ2n) is 4.04. The van der Waals surface area contributed by atoms with Crippen LogP contribution in [0.5, 0.6) is 11.5 Å². The summed E-state index contributed by atoms with van der Waals surface area (Å²) in [6.07, 6.45) is 4.15. The van der Waals surface area contributed by atoms with Gasteiger partial charge in [-0.1, -0.05) is 11.6 Å². The van der Waals surface area contributed by atoms with E-state index in [1.165, 1.54) is 6.08 Å². The van der Waals surface area contributed by atoms with Gasteiger partial charge in [0, 0.05) is 22.9 Å². The number of carboxylic acid groups (broad SMARTS) is 1. The minimum absolute atomic E-state index is 0.505. The minimum atomic E-state index is -1.03. The lowest BCUT2D eigenvalue weighted by atomic mass is 10.2. The molecule has 0 amide bonds. The molecule has 0 saturated carbocycles. The van der Waals surface area contributed by atoms with E-state index in [1.807, 2.05) is 6.92 Å². The second kappa shape index (κ2) is 6.21. The quantitative estimate of drug-likeness (QED) is 0.866. The van der Waals surface area contributed by atoms with E-state index in [1.54, 1.807) is 36.5 Å². The van der Waals surface area contributed by atoms with E-state index in [0.29, 0.717) is 22.1 Å². The highest BCUT2D eigenvalue weighted by Crippen LogP contribution is 2.29. The third-order valence-electron chi connectivity index (χ3n) is 2.56. The molecule has 0 aliphatic heterocycles. The number of hydrogen-bond acceptors (Lipinski definition) is 3. The fraction of sp³-hybridized carbons (Fsp3) is 0.0667. The molecule has 0 aliphatic rings. The Hall–Kier alpha value is -2.33. The van der Waals surface area contributed by atoms with Crippen LogP contribution in [0.2, 0.25) is 5.02 Å². The summed E-state index contributed by atoms with van der Waals surface area (Å²) < 4.78 is 5.76. The lowest BCUT2D eigenvalue weighted by molar-refractivity contribution is -0.131. The molecule has 2 rings (SSSR count). The van der Waals surface area contributed by atoms with Crippen molar-refractivity contribution in [1.82, 2.24) is 4.98 Å². The van der Waals surface area contributed by atoms with Gasteiger partial charge in [-0.2, -0.15) is 0 Å². The Morgan fingerprint density at radius 2 is 2.15 bits per heavy atom. The molecule has 1 aromatic carbocycles. The van der Waals surface area contributed by atoms with Crippen molar-refractivity contribution < 1.29 is 14.6 Å². The number of nitrogens with zero attached hydrogens (tertiary/aromatic N) is 1. The summed E-state index contributed by atoms with van der Waals surface area (Å²) >= 11 is 5.92. The maximum absolute atomic E-state index is 10.6. The lowest BCUT2D eigenvalue weighted by Crippen LogP contribution is -1.92. The number of carbonyl (C=O) groups is 1. The van der Waals surface area contributed by atoms with Crippen LogP contribution in [0.15, 0.2) is 42.6 Å². The molecule has 1 heterocycles. The number of hydrogen-bond donors (Lipinski definition) is 1.